The molecule has 0 spiro atoms. The van der Waals surface area contributed by atoms with Crippen LogP contribution in [0.5, 0.6) is 11.5 Å². The van der Waals surface area contributed by atoms with Crippen molar-refractivity contribution in [3.63, 3.8) is 0 Å². The fraction of sp³-hybridized carbons (Fsp3) is 0.378. The number of carboxylic acids is 1. The van der Waals surface area contributed by atoms with E-state index in [0.29, 0.717) is 69.3 Å². The first-order valence-corrected chi connectivity index (χ1v) is 18.0. The molecular formula is C37H37F6N3O6S2. The summed E-state index contributed by atoms with van der Waals surface area (Å²) in [7, 11) is 3.66. The highest BCUT2D eigenvalue weighted by Gasteiger charge is 2.37. The number of halogens is 6. The number of thioether (sulfide) groups is 1. The van der Waals surface area contributed by atoms with E-state index in [4.69, 9.17) is 26.4 Å². The molecule has 1 N–H and O–H groups in total. The number of alkyl halides is 6. The molecule has 3 aromatic carbocycles. The zero-order chi connectivity index (χ0) is 39.2. The van der Waals surface area contributed by atoms with Crippen LogP contribution in [0.4, 0.5) is 26.3 Å². The first kappa shape index (κ1) is 41.0. The van der Waals surface area contributed by atoms with E-state index in [1.165, 1.54) is 35.2 Å². The molecule has 0 bridgehead atoms. The van der Waals surface area contributed by atoms with E-state index in [0.717, 1.165) is 11.8 Å². The number of carbonyl (C=O) groups excluding carboxylic acids is 1. The molecule has 54 heavy (non-hydrogen) atoms. The number of aromatic carboxylic acids is 1. The van der Waals surface area contributed by atoms with E-state index in [2.05, 4.69) is 4.90 Å². The first-order chi connectivity index (χ1) is 25.5. The van der Waals surface area contributed by atoms with Crippen LogP contribution in [0, 0.1) is 0 Å². The highest BCUT2D eigenvalue weighted by molar-refractivity contribution is 8.26. The SMILES string of the molecule is CN(C)CCOc1ccc(-c2cc(C(F)(F)F)cc(C(F)(F)F)c2)cc1/C=C1\SC(=S)N(CCCOc2ccc(C(=O)O)cc2CN2CCOCC2)C1=O. The van der Waals surface area contributed by atoms with E-state index >= 15 is 0 Å². The van der Waals surface area contributed by atoms with Gasteiger partial charge in [-0.15, -0.1) is 0 Å². The second kappa shape index (κ2) is 17.5. The minimum Gasteiger partial charge on any atom is -0.493 e. The smallest absolute Gasteiger partial charge is 0.416 e. The van der Waals surface area contributed by atoms with Crippen molar-refractivity contribution < 1.29 is 55.2 Å². The van der Waals surface area contributed by atoms with Gasteiger partial charge >= 0.3 is 18.3 Å². The summed E-state index contributed by atoms with van der Waals surface area (Å²) in [4.78, 5) is 30.8. The fourth-order valence-corrected chi connectivity index (χ4v) is 6.95. The third-order valence-electron chi connectivity index (χ3n) is 8.48. The van der Waals surface area contributed by atoms with E-state index in [1.807, 2.05) is 19.0 Å². The molecule has 2 aliphatic heterocycles. The van der Waals surface area contributed by atoms with Crippen molar-refractivity contribution in [1.82, 2.24) is 14.7 Å². The predicted octanol–water partition coefficient (Wildman–Crippen LogP) is 7.53. The van der Waals surface area contributed by atoms with Crippen LogP contribution in [0.25, 0.3) is 17.2 Å². The number of thiocarbonyl (C=S) groups is 1. The monoisotopic (exact) mass is 797 g/mol. The van der Waals surface area contributed by atoms with E-state index < -0.39 is 35.4 Å². The van der Waals surface area contributed by atoms with E-state index in [1.54, 1.807) is 12.1 Å². The molecule has 2 saturated heterocycles. The zero-order valence-electron chi connectivity index (χ0n) is 29.3. The number of benzene rings is 3. The van der Waals surface area contributed by atoms with Crippen LogP contribution in [0.2, 0.25) is 0 Å². The number of rotatable bonds is 14. The van der Waals surface area contributed by atoms with Gasteiger partial charge < -0.3 is 24.2 Å². The molecule has 3 aromatic rings. The summed E-state index contributed by atoms with van der Waals surface area (Å²) >= 11 is 6.51. The molecule has 2 heterocycles. The molecule has 9 nitrogen and oxygen atoms in total. The predicted molar refractivity (Wildman–Crippen MR) is 195 cm³/mol. The van der Waals surface area contributed by atoms with Gasteiger partial charge in [-0.05, 0) is 86.3 Å². The maximum Gasteiger partial charge on any atom is 0.416 e. The Balaban J connectivity index is 1.34. The van der Waals surface area contributed by atoms with Crippen molar-refractivity contribution in [3.05, 3.63) is 87.3 Å². The summed E-state index contributed by atoms with van der Waals surface area (Å²) in [6.45, 7) is 4.08. The molecule has 2 fully saturated rings. The molecule has 2 aliphatic rings. The molecule has 290 valence electrons. The number of nitrogens with zero attached hydrogens (tertiary/aromatic N) is 3. The van der Waals surface area contributed by atoms with Crippen molar-refractivity contribution in [2.24, 2.45) is 0 Å². The lowest BCUT2D eigenvalue weighted by Crippen LogP contribution is -2.35. The molecule has 17 heteroatoms. The molecule has 0 radical (unpaired) electrons. The topological polar surface area (TPSA) is 91.8 Å². The largest absolute Gasteiger partial charge is 0.493 e. The van der Waals surface area contributed by atoms with Gasteiger partial charge in [-0.1, -0.05) is 30.0 Å². The second-order valence-corrected chi connectivity index (χ2v) is 14.4. The van der Waals surface area contributed by atoms with Gasteiger partial charge in [0.2, 0.25) is 0 Å². The number of carbonyl (C=O) groups is 2. The van der Waals surface area contributed by atoms with Crippen LogP contribution in [-0.2, 0) is 28.4 Å². The third-order valence-corrected chi connectivity index (χ3v) is 9.85. The Morgan fingerprint density at radius 1 is 0.926 bits per heavy atom. The summed E-state index contributed by atoms with van der Waals surface area (Å²) in [5, 5.41) is 9.50. The van der Waals surface area contributed by atoms with E-state index in [-0.39, 0.29) is 63.1 Å². The van der Waals surface area contributed by atoms with Crippen LogP contribution in [0.3, 0.4) is 0 Å². The minimum atomic E-state index is -5.02. The summed E-state index contributed by atoms with van der Waals surface area (Å²) in [5.74, 6) is -0.713. The lowest BCUT2D eigenvalue weighted by molar-refractivity contribution is -0.143. The summed E-state index contributed by atoms with van der Waals surface area (Å²) < 4.78 is 99.4. The van der Waals surface area contributed by atoms with Crippen molar-refractivity contribution in [2.45, 2.75) is 25.3 Å². The normalized spacial score (nSPS) is 16.5. The maximum absolute atomic E-state index is 13.6. The van der Waals surface area contributed by atoms with Crippen molar-refractivity contribution in [1.29, 1.82) is 0 Å². The van der Waals surface area contributed by atoms with Gasteiger partial charge in [-0.25, -0.2) is 4.79 Å². The van der Waals surface area contributed by atoms with Crippen LogP contribution >= 0.6 is 24.0 Å². The number of morpholine rings is 1. The van der Waals surface area contributed by atoms with Gasteiger partial charge in [0.15, 0.2) is 0 Å². The highest BCUT2D eigenvalue weighted by atomic mass is 32.2. The molecule has 0 atom stereocenters. The van der Waals surface area contributed by atoms with Crippen LogP contribution in [0.1, 0.15) is 39.0 Å². The van der Waals surface area contributed by atoms with Crippen molar-refractivity contribution >= 4 is 46.3 Å². The van der Waals surface area contributed by atoms with Gasteiger partial charge in [0.1, 0.15) is 22.4 Å². The summed E-state index contributed by atoms with van der Waals surface area (Å²) in [6, 6.07) is 10.2. The Hall–Kier alpha value is -4.16. The Labute approximate surface area is 317 Å². The zero-order valence-corrected chi connectivity index (χ0v) is 30.9. The quantitative estimate of drug-likeness (QED) is 0.0765. The van der Waals surface area contributed by atoms with Gasteiger partial charge in [0.25, 0.3) is 5.91 Å². The maximum atomic E-state index is 13.6. The standard InChI is InChI=1S/C37H37F6N3O6S2/c1-44(2)9-15-52-30-6-4-23(25-18-28(36(38,39)40)21-29(19-25)37(41,42)43)16-26(30)20-32-33(47)46(35(53)54-32)8-3-12-51-31-7-5-24(34(48)49)17-27(31)22-45-10-13-50-14-11-45/h4-7,16-21H,3,8-15,22H2,1-2H3,(H,48,49)/b32-20-. The Morgan fingerprint density at radius 2 is 1.57 bits per heavy atom. The fourth-order valence-electron chi connectivity index (χ4n) is 5.65. The number of carboxylic acid groups (broad SMARTS) is 1. The van der Waals surface area contributed by atoms with Crippen molar-refractivity contribution in [2.75, 3.05) is 66.7 Å². The lowest BCUT2D eigenvalue weighted by atomic mass is 9.97. The summed E-state index contributed by atoms with van der Waals surface area (Å²) in [6.07, 6.45) is -8.22. The summed E-state index contributed by atoms with van der Waals surface area (Å²) in [5.41, 5.74) is -2.06. The van der Waals surface area contributed by atoms with Crippen LogP contribution in [-0.4, -0.2) is 103 Å². The Kier molecular flexibility index (Phi) is 13.3. The number of likely N-dealkylation sites (N-methyl/N-ethyl adjacent to an activating group) is 1. The molecule has 0 saturated carbocycles. The van der Waals surface area contributed by atoms with Gasteiger partial charge in [-0.3, -0.25) is 14.6 Å². The molecule has 1 amide bonds. The number of amides is 1. The van der Waals surface area contributed by atoms with Crippen LogP contribution < -0.4 is 9.47 Å². The third kappa shape index (κ3) is 10.7. The molecule has 5 rings (SSSR count). The van der Waals surface area contributed by atoms with Gasteiger partial charge in [0, 0.05) is 43.9 Å². The van der Waals surface area contributed by atoms with E-state index in [9.17, 15) is 41.0 Å². The first-order valence-electron chi connectivity index (χ1n) is 16.8. The molecule has 0 aromatic heterocycles. The average Bonchev–Trinajstić information content (AvgIpc) is 3.37. The Morgan fingerprint density at radius 3 is 2.20 bits per heavy atom. The number of hydrogen-bond acceptors (Lipinski definition) is 9. The van der Waals surface area contributed by atoms with Gasteiger partial charge in [-0.2, -0.15) is 26.3 Å². The number of ether oxygens (including phenoxy) is 3. The molecule has 0 unspecified atom stereocenters. The van der Waals surface area contributed by atoms with Gasteiger partial charge in [0.05, 0.1) is 41.4 Å². The average molecular weight is 798 g/mol. The number of hydrogen-bond donors (Lipinski definition) is 1. The lowest BCUT2D eigenvalue weighted by Gasteiger charge is -2.27. The minimum absolute atomic E-state index is 0.0508. The van der Waals surface area contributed by atoms with Crippen LogP contribution in [0.15, 0.2) is 59.5 Å². The highest BCUT2D eigenvalue weighted by Crippen LogP contribution is 2.40. The molecular weight excluding hydrogens is 761 g/mol. The molecule has 0 aliphatic carbocycles. The van der Waals surface area contributed by atoms with Crippen molar-refractivity contribution in [3.8, 4) is 22.6 Å². The second-order valence-electron chi connectivity index (χ2n) is 12.8. The Bertz CT molecular complexity index is 1860.